The quantitative estimate of drug-likeness (QED) is 0.716. The average molecular weight is 328 g/mol. The van der Waals surface area contributed by atoms with Crippen LogP contribution in [-0.4, -0.2) is 13.1 Å². The van der Waals surface area contributed by atoms with E-state index < -0.39 is 0 Å². The van der Waals surface area contributed by atoms with Crippen molar-refractivity contribution in [2.24, 2.45) is 17.3 Å². The summed E-state index contributed by atoms with van der Waals surface area (Å²) in [5.41, 5.74) is 3.07. The van der Waals surface area contributed by atoms with Gasteiger partial charge in [0.1, 0.15) is 11.9 Å². The Bertz CT molecular complexity index is 652. The Balaban J connectivity index is 1.75. The van der Waals surface area contributed by atoms with Gasteiger partial charge in [-0.3, -0.25) is 4.79 Å². The average Bonchev–Trinajstić information content (AvgIpc) is 2.96. The van der Waals surface area contributed by atoms with E-state index in [1.807, 2.05) is 0 Å². The molecule has 1 aromatic carbocycles. The third kappa shape index (κ3) is 2.44. The second-order valence-corrected chi connectivity index (χ2v) is 8.29. The summed E-state index contributed by atoms with van der Waals surface area (Å²) in [5.74, 6) is 2.72. The van der Waals surface area contributed by atoms with Gasteiger partial charge in [0.2, 0.25) is 0 Å². The molecule has 24 heavy (non-hydrogen) atoms. The molecule has 3 aliphatic carbocycles. The molecule has 4 rings (SSSR count). The highest BCUT2D eigenvalue weighted by Gasteiger charge is 2.52. The SMILES string of the molecule is COc1ccc2c(c1)[C@H](OC(C)=O)C[C@@H]1[C@@H]2CC[C@]2(C)CCC[C@@H]12. The minimum atomic E-state index is -0.183. The molecule has 130 valence electrons. The van der Waals surface area contributed by atoms with Crippen molar-refractivity contribution in [3.63, 3.8) is 0 Å². The maximum Gasteiger partial charge on any atom is 0.303 e. The van der Waals surface area contributed by atoms with Gasteiger partial charge < -0.3 is 9.47 Å². The van der Waals surface area contributed by atoms with Crippen LogP contribution in [0.25, 0.3) is 0 Å². The van der Waals surface area contributed by atoms with Crippen LogP contribution in [0.15, 0.2) is 18.2 Å². The molecule has 0 amide bonds. The predicted molar refractivity (Wildman–Crippen MR) is 93.0 cm³/mol. The van der Waals surface area contributed by atoms with Crippen molar-refractivity contribution in [2.45, 2.75) is 64.4 Å². The number of benzene rings is 1. The molecule has 2 fully saturated rings. The minimum Gasteiger partial charge on any atom is -0.497 e. The van der Waals surface area contributed by atoms with Crippen molar-refractivity contribution in [1.29, 1.82) is 0 Å². The van der Waals surface area contributed by atoms with Crippen LogP contribution in [0.5, 0.6) is 5.75 Å². The number of hydrogen-bond acceptors (Lipinski definition) is 3. The summed E-state index contributed by atoms with van der Waals surface area (Å²) in [7, 11) is 1.69. The van der Waals surface area contributed by atoms with Gasteiger partial charge in [0.05, 0.1) is 7.11 Å². The Morgan fingerprint density at radius 2 is 2.04 bits per heavy atom. The summed E-state index contributed by atoms with van der Waals surface area (Å²) in [5, 5.41) is 0. The predicted octanol–water partition coefficient (Wildman–Crippen LogP) is 5.00. The summed E-state index contributed by atoms with van der Waals surface area (Å²) < 4.78 is 11.2. The smallest absolute Gasteiger partial charge is 0.303 e. The van der Waals surface area contributed by atoms with Crippen LogP contribution >= 0.6 is 0 Å². The number of rotatable bonds is 2. The van der Waals surface area contributed by atoms with Crippen LogP contribution in [0.4, 0.5) is 0 Å². The highest BCUT2D eigenvalue weighted by atomic mass is 16.5. The van der Waals surface area contributed by atoms with Gasteiger partial charge >= 0.3 is 5.97 Å². The van der Waals surface area contributed by atoms with Crippen molar-refractivity contribution in [1.82, 2.24) is 0 Å². The van der Waals surface area contributed by atoms with Gasteiger partial charge in [-0.15, -0.1) is 0 Å². The van der Waals surface area contributed by atoms with Crippen LogP contribution in [0, 0.1) is 17.3 Å². The molecule has 0 heterocycles. The lowest BCUT2D eigenvalue weighted by atomic mass is 9.55. The van der Waals surface area contributed by atoms with Gasteiger partial charge in [0, 0.05) is 6.92 Å². The van der Waals surface area contributed by atoms with Gasteiger partial charge in [0.25, 0.3) is 0 Å². The number of ether oxygens (including phenoxy) is 2. The summed E-state index contributed by atoms with van der Waals surface area (Å²) >= 11 is 0. The van der Waals surface area contributed by atoms with Crippen LogP contribution in [0.3, 0.4) is 0 Å². The zero-order valence-corrected chi connectivity index (χ0v) is 15.0. The Morgan fingerprint density at radius 1 is 1.21 bits per heavy atom. The normalized spacial score (nSPS) is 37.1. The molecule has 2 saturated carbocycles. The van der Waals surface area contributed by atoms with Crippen molar-refractivity contribution >= 4 is 5.97 Å². The highest BCUT2D eigenvalue weighted by molar-refractivity contribution is 5.66. The Kier molecular flexibility index (Phi) is 3.85. The lowest BCUT2D eigenvalue weighted by molar-refractivity contribution is -0.149. The molecule has 0 bridgehead atoms. The van der Waals surface area contributed by atoms with Gasteiger partial charge in [-0.1, -0.05) is 19.4 Å². The number of hydrogen-bond donors (Lipinski definition) is 0. The molecular weight excluding hydrogens is 300 g/mol. The van der Waals surface area contributed by atoms with Crippen molar-refractivity contribution in [3.8, 4) is 5.75 Å². The van der Waals surface area contributed by atoms with Crippen molar-refractivity contribution < 1.29 is 14.3 Å². The van der Waals surface area contributed by atoms with E-state index in [2.05, 4.69) is 25.1 Å². The van der Waals surface area contributed by atoms with E-state index in [-0.39, 0.29) is 12.1 Å². The molecule has 0 N–H and O–H groups in total. The first-order chi connectivity index (χ1) is 11.5. The van der Waals surface area contributed by atoms with E-state index in [9.17, 15) is 4.79 Å². The third-order valence-electron chi connectivity index (χ3n) is 7.05. The lowest BCUT2D eigenvalue weighted by Crippen LogP contribution is -2.41. The molecular formula is C21H28O3. The maximum atomic E-state index is 11.7. The number of esters is 1. The molecule has 0 aliphatic heterocycles. The van der Waals surface area contributed by atoms with Crippen molar-refractivity contribution in [3.05, 3.63) is 29.3 Å². The van der Waals surface area contributed by atoms with Gasteiger partial charge in [-0.25, -0.2) is 0 Å². The molecule has 3 heteroatoms. The van der Waals surface area contributed by atoms with Gasteiger partial charge in [-0.05, 0) is 78.5 Å². The number of fused-ring (bicyclic) bond motifs is 5. The Labute approximate surface area is 144 Å². The summed E-state index contributed by atoms with van der Waals surface area (Å²) in [6, 6.07) is 6.37. The van der Waals surface area contributed by atoms with Gasteiger partial charge in [-0.2, -0.15) is 0 Å². The molecule has 0 unspecified atom stereocenters. The Hall–Kier alpha value is -1.51. The minimum absolute atomic E-state index is 0.114. The molecule has 0 spiro atoms. The van der Waals surface area contributed by atoms with Crippen LogP contribution in [0.2, 0.25) is 0 Å². The van der Waals surface area contributed by atoms with E-state index >= 15 is 0 Å². The molecule has 0 radical (unpaired) electrons. The molecule has 3 aliphatic rings. The zero-order chi connectivity index (χ0) is 16.9. The first-order valence-electron chi connectivity index (χ1n) is 9.37. The number of carbonyl (C=O) groups is 1. The van der Waals surface area contributed by atoms with Crippen LogP contribution in [0.1, 0.15) is 75.5 Å². The fourth-order valence-corrected chi connectivity index (χ4v) is 5.98. The summed E-state index contributed by atoms with van der Waals surface area (Å²) in [6.45, 7) is 4.01. The molecule has 1 aromatic rings. The van der Waals surface area contributed by atoms with E-state index in [0.29, 0.717) is 17.3 Å². The van der Waals surface area contributed by atoms with Gasteiger partial charge in [0.15, 0.2) is 0 Å². The van der Waals surface area contributed by atoms with Crippen LogP contribution < -0.4 is 4.74 Å². The molecule has 3 nitrogen and oxygen atoms in total. The maximum absolute atomic E-state index is 11.7. The summed E-state index contributed by atoms with van der Waals surface area (Å²) in [4.78, 5) is 11.7. The topological polar surface area (TPSA) is 35.5 Å². The zero-order valence-electron chi connectivity index (χ0n) is 15.0. The fraction of sp³-hybridized carbons (Fsp3) is 0.667. The van der Waals surface area contributed by atoms with Crippen molar-refractivity contribution in [2.75, 3.05) is 7.11 Å². The first-order valence-corrected chi connectivity index (χ1v) is 9.37. The van der Waals surface area contributed by atoms with E-state index in [1.165, 1.54) is 50.2 Å². The molecule has 0 aromatic heterocycles. The number of methoxy groups -OCH3 is 1. The van der Waals surface area contributed by atoms with E-state index in [4.69, 9.17) is 9.47 Å². The summed E-state index contributed by atoms with van der Waals surface area (Å²) in [6.07, 6.45) is 7.54. The monoisotopic (exact) mass is 328 g/mol. The van der Waals surface area contributed by atoms with E-state index in [1.54, 1.807) is 7.11 Å². The molecule has 5 atom stereocenters. The van der Waals surface area contributed by atoms with Crippen LogP contribution in [-0.2, 0) is 9.53 Å². The fourth-order valence-electron chi connectivity index (χ4n) is 5.98. The standard InChI is InChI=1S/C21H28O3/c1-13(22)24-20-12-17-16(8-10-21(2)9-4-5-19(17)21)15-7-6-14(23-3)11-18(15)20/h6-7,11,16-17,19-20H,4-5,8-10,12H2,1-3H3/t16-,17-,19+,20-,21+/m1/s1. The second-order valence-electron chi connectivity index (χ2n) is 8.29. The first kappa shape index (κ1) is 16.0. The third-order valence-corrected chi connectivity index (χ3v) is 7.05. The lowest BCUT2D eigenvalue weighted by Gasteiger charge is -2.50. The highest BCUT2D eigenvalue weighted by Crippen LogP contribution is 2.62. The number of carbonyl (C=O) groups excluding carboxylic acids is 1. The largest absolute Gasteiger partial charge is 0.497 e. The molecule has 0 saturated heterocycles. The second kappa shape index (κ2) is 5.79. The van der Waals surface area contributed by atoms with E-state index in [0.717, 1.165) is 18.1 Å². The Morgan fingerprint density at radius 3 is 2.79 bits per heavy atom.